The average Bonchev–Trinajstić information content (AvgIpc) is 3.56. The van der Waals surface area contributed by atoms with Crippen LogP contribution in [0.4, 0.5) is 0 Å². The van der Waals surface area contributed by atoms with E-state index in [4.69, 9.17) is 28.4 Å². The van der Waals surface area contributed by atoms with Gasteiger partial charge in [0.2, 0.25) is 0 Å². The standard InChI is InChI=1S/C37H46O11/c1-3-5-22-45-36(42)33-32(34(39)40)47-37(48-33)28-12-10-25(11-13-28)26-14-20-30(21-15-26)46-35(41)27-16-18-29(19-17-27)43-23-8-6-7-9-24-44-31(38)4-2/h4,10-13,16-19,26,30,32-33,37H,2-3,5-9,14-15,20-24H2,1H3,(H,39,40)/t26?,30?,32-,33-,37?/m1/s1. The maximum absolute atomic E-state index is 12.8. The van der Waals surface area contributed by atoms with Gasteiger partial charge in [0.15, 0.2) is 18.5 Å². The fourth-order valence-corrected chi connectivity index (χ4v) is 5.69. The third-order valence-electron chi connectivity index (χ3n) is 8.47. The number of carbonyl (C=O) groups excluding carboxylic acids is 3. The van der Waals surface area contributed by atoms with Crippen LogP contribution in [0.1, 0.15) is 105 Å². The fourth-order valence-electron chi connectivity index (χ4n) is 5.69. The first-order chi connectivity index (χ1) is 23.3. The van der Waals surface area contributed by atoms with Crippen molar-refractivity contribution in [1.29, 1.82) is 0 Å². The van der Waals surface area contributed by atoms with Gasteiger partial charge < -0.3 is 33.5 Å². The summed E-state index contributed by atoms with van der Waals surface area (Å²) in [5.74, 6) is -1.79. The molecule has 48 heavy (non-hydrogen) atoms. The van der Waals surface area contributed by atoms with Gasteiger partial charge in [0.1, 0.15) is 11.9 Å². The molecule has 0 spiro atoms. The molecule has 260 valence electrons. The quantitative estimate of drug-likeness (QED) is 0.0811. The van der Waals surface area contributed by atoms with Gasteiger partial charge in [-0.3, -0.25) is 0 Å². The molecule has 11 heteroatoms. The van der Waals surface area contributed by atoms with Crippen LogP contribution >= 0.6 is 0 Å². The van der Waals surface area contributed by atoms with Gasteiger partial charge in [-0.05, 0) is 93.5 Å². The van der Waals surface area contributed by atoms with E-state index in [0.717, 1.165) is 69.4 Å². The van der Waals surface area contributed by atoms with Crippen LogP contribution in [-0.4, -0.2) is 67.1 Å². The van der Waals surface area contributed by atoms with Gasteiger partial charge in [-0.15, -0.1) is 0 Å². The van der Waals surface area contributed by atoms with E-state index >= 15 is 0 Å². The Hall–Kier alpha value is -4.22. The molecule has 2 fully saturated rings. The highest BCUT2D eigenvalue weighted by Crippen LogP contribution is 2.37. The Morgan fingerprint density at radius 2 is 1.42 bits per heavy atom. The zero-order valence-corrected chi connectivity index (χ0v) is 27.5. The summed E-state index contributed by atoms with van der Waals surface area (Å²) in [5.41, 5.74) is 2.22. The Bertz CT molecular complexity index is 1350. The summed E-state index contributed by atoms with van der Waals surface area (Å²) in [6, 6.07) is 14.6. The number of rotatable bonds is 18. The van der Waals surface area contributed by atoms with Gasteiger partial charge in [0.25, 0.3) is 0 Å². The van der Waals surface area contributed by atoms with Gasteiger partial charge in [0.05, 0.1) is 25.4 Å². The average molecular weight is 667 g/mol. The Labute approximate surface area is 281 Å². The third-order valence-corrected chi connectivity index (χ3v) is 8.47. The summed E-state index contributed by atoms with van der Waals surface area (Å²) in [5, 5.41) is 9.55. The lowest BCUT2D eigenvalue weighted by Crippen LogP contribution is -2.38. The molecule has 0 radical (unpaired) electrons. The molecule has 2 aliphatic rings. The molecule has 11 nitrogen and oxygen atoms in total. The van der Waals surface area contributed by atoms with E-state index in [-0.39, 0.29) is 18.7 Å². The number of unbranched alkanes of at least 4 members (excludes halogenated alkanes) is 4. The van der Waals surface area contributed by atoms with Crippen LogP contribution in [0.25, 0.3) is 0 Å². The first kappa shape index (κ1) is 36.6. The molecular weight excluding hydrogens is 620 g/mol. The van der Waals surface area contributed by atoms with Crippen molar-refractivity contribution in [2.75, 3.05) is 19.8 Å². The van der Waals surface area contributed by atoms with Crippen molar-refractivity contribution in [2.45, 2.75) is 102 Å². The molecule has 2 aromatic carbocycles. The predicted molar refractivity (Wildman–Crippen MR) is 174 cm³/mol. The minimum atomic E-state index is -1.44. The fraction of sp³-hybridized carbons (Fsp3) is 0.514. The molecule has 3 atom stereocenters. The molecule has 2 aromatic rings. The van der Waals surface area contributed by atoms with Crippen LogP contribution in [0.2, 0.25) is 0 Å². The van der Waals surface area contributed by atoms with Crippen LogP contribution in [-0.2, 0) is 38.1 Å². The minimum absolute atomic E-state index is 0.161. The van der Waals surface area contributed by atoms with Gasteiger partial charge >= 0.3 is 23.9 Å². The van der Waals surface area contributed by atoms with E-state index in [1.165, 1.54) is 0 Å². The van der Waals surface area contributed by atoms with Crippen molar-refractivity contribution < 1.29 is 52.7 Å². The van der Waals surface area contributed by atoms with Crippen molar-refractivity contribution in [2.24, 2.45) is 0 Å². The number of ether oxygens (including phenoxy) is 6. The second-order valence-electron chi connectivity index (χ2n) is 12.0. The number of hydrogen-bond donors (Lipinski definition) is 1. The summed E-state index contributed by atoms with van der Waals surface area (Å²) in [6.45, 7) is 6.49. The zero-order valence-electron chi connectivity index (χ0n) is 27.5. The molecule has 1 saturated carbocycles. The van der Waals surface area contributed by atoms with E-state index in [0.29, 0.717) is 42.4 Å². The smallest absolute Gasteiger partial charge is 0.338 e. The van der Waals surface area contributed by atoms with E-state index in [1.54, 1.807) is 24.3 Å². The zero-order chi connectivity index (χ0) is 34.3. The Morgan fingerprint density at radius 1 is 0.792 bits per heavy atom. The Morgan fingerprint density at radius 3 is 2.06 bits per heavy atom. The molecule has 1 N–H and O–H groups in total. The van der Waals surface area contributed by atoms with Gasteiger partial charge in [-0.2, -0.15) is 0 Å². The molecule has 0 aromatic heterocycles. The van der Waals surface area contributed by atoms with Crippen molar-refractivity contribution in [1.82, 2.24) is 0 Å². The Kier molecular flexibility index (Phi) is 14.5. The van der Waals surface area contributed by atoms with Crippen molar-refractivity contribution in [3.8, 4) is 5.75 Å². The highest BCUT2D eigenvalue weighted by molar-refractivity contribution is 5.89. The SMILES string of the molecule is C=CC(=O)OCCCCCCOc1ccc(C(=O)OC2CCC(c3ccc(C4O[C@@H](C(=O)O)[C@H](C(=O)OCCCC)O4)cc3)CC2)cc1. The third kappa shape index (κ3) is 10.9. The van der Waals surface area contributed by atoms with Gasteiger partial charge in [-0.25, -0.2) is 19.2 Å². The van der Waals surface area contributed by atoms with Crippen LogP contribution in [0.3, 0.4) is 0 Å². The number of aliphatic carboxylic acids is 1. The molecule has 0 amide bonds. The van der Waals surface area contributed by atoms with Crippen molar-refractivity contribution >= 4 is 23.9 Å². The first-order valence-corrected chi connectivity index (χ1v) is 16.8. The normalized spacial score (nSPS) is 22.0. The van der Waals surface area contributed by atoms with Gasteiger partial charge in [0, 0.05) is 11.6 Å². The molecule has 1 heterocycles. The molecule has 1 aliphatic carbocycles. The maximum Gasteiger partial charge on any atom is 0.338 e. The molecule has 1 unspecified atom stereocenters. The number of esters is 3. The summed E-state index contributed by atoms with van der Waals surface area (Å²) >= 11 is 0. The summed E-state index contributed by atoms with van der Waals surface area (Å²) in [7, 11) is 0. The largest absolute Gasteiger partial charge is 0.494 e. The van der Waals surface area contributed by atoms with Gasteiger partial charge in [-0.1, -0.05) is 44.2 Å². The number of benzene rings is 2. The highest BCUT2D eigenvalue weighted by Gasteiger charge is 2.47. The van der Waals surface area contributed by atoms with Crippen LogP contribution in [0, 0.1) is 0 Å². The Balaban J connectivity index is 1.16. The number of carboxylic acids is 1. The lowest BCUT2D eigenvalue weighted by Gasteiger charge is -2.28. The van der Waals surface area contributed by atoms with Crippen LogP contribution < -0.4 is 4.74 Å². The first-order valence-electron chi connectivity index (χ1n) is 16.8. The number of carboxylic acid groups (broad SMARTS) is 1. The van der Waals surface area contributed by atoms with E-state index in [2.05, 4.69) is 6.58 Å². The second kappa shape index (κ2) is 18.9. The molecule has 0 bridgehead atoms. The minimum Gasteiger partial charge on any atom is -0.494 e. The monoisotopic (exact) mass is 666 g/mol. The van der Waals surface area contributed by atoms with Crippen LogP contribution in [0.5, 0.6) is 5.75 Å². The molecule has 1 aliphatic heterocycles. The predicted octanol–water partition coefficient (Wildman–Crippen LogP) is 6.45. The highest BCUT2D eigenvalue weighted by atomic mass is 16.7. The second-order valence-corrected chi connectivity index (χ2v) is 12.0. The topological polar surface area (TPSA) is 144 Å². The summed E-state index contributed by atoms with van der Waals surface area (Å²) < 4.78 is 33.0. The maximum atomic E-state index is 12.8. The lowest BCUT2D eigenvalue weighted by molar-refractivity contribution is -0.161. The van der Waals surface area contributed by atoms with E-state index in [1.807, 2.05) is 31.2 Å². The van der Waals surface area contributed by atoms with Crippen molar-refractivity contribution in [3.05, 3.63) is 77.9 Å². The number of carbonyl (C=O) groups is 4. The number of hydrogen-bond acceptors (Lipinski definition) is 10. The van der Waals surface area contributed by atoms with E-state index in [9.17, 15) is 24.3 Å². The van der Waals surface area contributed by atoms with Crippen molar-refractivity contribution in [3.63, 3.8) is 0 Å². The van der Waals surface area contributed by atoms with E-state index < -0.39 is 36.4 Å². The summed E-state index contributed by atoms with van der Waals surface area (Å²) in [6.07, 6.45) is 5.53. The lowest BCUT2D eigenvalue weighted by atomic mass is 9.82. The van der Waals surface area contributed by atoms with Crippen LogP contribution in [0.15, 0.2) is 61.2 Å². The molecule has 4 rings (SSSR count). The molecular formula is C37H46O11. The molecule has 1 saturated heterocycles. The summed E-state index contributed by atoms with van der Waals surface area (Å²) in [4.78, 5) is 47.9.